The number of rotatable bonds is 6. The molecule has 3 heteroatoms. The Morgan fingerprint density at radius 3 is 1.84 bits per heavy atom. The summed E-state index contributed by atoms with van der Waals surface area (Å²) in [5.74, 6) is 1.93. The third kappa shape index (κ3) is 6.84. The number of aromatic hydroxyl groups is 1. The summed E-state index contributed by atoms with van der Waals surface area (Å²) < 4.78 is 0. The van der Waals surface area contributed by atoms with Gasteiger partial charge in [-0.2, -0.15) is 0 Å². The Labute approximate surface area is 278 Å². The van der Waals surface area contributed by atoms with Gasteiger partial charge in [-0.3, -0.25) is 4.99 Å². The molecule has 1 N–H and O–H groups in total. The third-order valence-electron chi connectivity index (χ3n) is 11.6. The van der Waals surface area contributed by atoms with E-state index in [0.29, 0.717) is 23.5 Å². The van der Waals surface area contributed by atoms with Crippen molar-refractivity contribution in [3.05, 3.63) is 58.1 Å². The Morgan fingerprint density at radius 2 is 1.33 bits per heavy atom. The molecule has 0 aromatic heterocycles. The van der Waals surface area contributed by atoms with Crippen LogP contribution in [-0.4, -0.2) is 22.4 Å². The smallest absolute Gasteiger partial charge is 0.123 e. The highest BCUT2D eigenvalue weighted by Gasteiger charge is 2.55. The highest BCUT2D eigenvalue weighted by atomic mass is 31.1. The van der Waals surface area contributed by atoms with Crippen LogP contribution in [0.25, 0.3) is 0 Å². The third-order valence-corrected chi connectivity index (χ3v) is 14.7. The fourth-order valence-electron chi connectivity index (χ4n) is 8.87. The van der Waals surface area contributed by atoms with E-state index in [2.05, 4.69) is 99.6 Å². The second-order valence-electron chi connectivity index (χ2n) is 17.5. The molecule has 0 radical (unpaired) electrons. The van der Waals surface area contributed by atoms with E-state index in [-0.39, 0.29) is 16.2 Å². The van der Waals surface area contributed by atoms with E-state index in [9.17, 15) is 5.11 Å². The van der Waals surface area contributed by atoms with Crippen LogP contribution in [0, 0.1) is 5.92 Å². The molecule has 1 aliphatic heterocycles. The van der Waals surface area contributed by atoms with Crippen molar-refractivity contribution in [1.29, 1.82) is 0 Å². The Balaban J connectivity index is 1.89. The summed E-state index contributed by atoms with van der Waals surface area (Å²) in [5, 5.41) is 12.6. The topological polar surface area (TPSA) is 32.6 Å². The summed E-state index contributed by atoms with van der Waals surface area (Å²) in [7, 11) is -0.399. The minimum Gasteiger partial charge on any atom is -0.507 e. The number of para-hydroxylation sites is 1. The molecule has 3 aliphatic rings. The summed E-state index contributed by atoms with van der Waals surface area (Å²) >= 11 is 0. The number of hydrogen-bond acceptors (Lipinski definition) is 2. The van der Waals surface area contributed by atoms with Crippen LogP contribution < -0.4 is 0 Å². The summed E-state index contributed by atoms with van der Waals surface area (Å²) in [5.41, 5.74) is 9.64. The lowest BCUT2D eigenvalue weighted by Crippen LogP contribution is -2.41. The van der Waals surface area contributed by atoms with Crippen LogP contribution in [0.5, 0.6) is 5.75 Å². The van der Waals surface area contributed by atoms with Gasteiger partial charge in [0.1, 0.15) is 5.75 Å². The summed E-state index contributed by atoms with van der Waals surface area (Å²) in [6.45, 7) is 23.2. The number of nitrogens with zero attached hydrogens (tertiary/aromatic N) is 1. The van der Waals surface area contributed by atoms with Crippen LogP contribution in [0.4, 0.5) is 5.69 Å². The standard InChI is InChI=1S/C42H64NOP/c1-28(2)33-22-17-23-34(29(3)4)37(33)43-39-42(30-18-13-11-14-19-30,24-25-45(39)32-20-15-12-16-21-32)36-27-31(40(5,6)7)26-35(38(36)44)41(8,9)10/h17,22-23,26-30,32,44H,11-16,18-21,24-25H2,1-10H3. The zero-order valence-corrected chi connectivity index (χ0v) is 31.4. The maximum absolute atomic E-state index is 12.6. The molecule has 0 amide bonds. The number of aliphatic imine (C=N–C) groups is 1. The van der Waals surface area contributed by atoms with Gasteiger partial charge in [0.15, 0.2) is 0 Å². The zero-order valence-electron chi connectivity index (χ0n) is 30.5. The summed E-state index contributed by atoms with van der Waals surface area (Å²) in [6.07, 6.45) is 15.7. The SMILES string of the molecule is CC(C)c1cccc(C(C)C)c1N=C1P(C2CCCCC2)CCC1(c1cc(C(C)(C)C)cc(C(C)(C)C)c1O)C1CCCCC1. The number of benzene rings is 2. The molecule has 0 bridgehead atoms. The number of phenolic OH excluding ortho intramolecular Hbond substituents is 1. The van der Waals surface area contributed by atoms with Crippen LogP contribution >= 0.6 is 7.92 Å². The second kappa shape index (κ2) is 13.5. The maximum atomic E-state index is 12.6. The maximum Gasteiger partial charge on any atom is 0.123 e. The molecule has 2 nitrogen and oxygen atoms in total. The first-order chi connectivity index (χ1) is 21.2. The molecule has 2 atom stereocenters. The Kier molecular flexibility index (Phi) is 10.4. The molecular formula is C42H64NOP. The van der Waals surface area contributed by atoms with Gasteiger partial charge in [0.05, 0.1) is 11.1 Å². The predicted octanol–water partition coefficient (Wildman–Crippen LogP) is 13.0. The molecule has 2 unspecified atom stereocenters. The zero-order chi connectivity index (χ0) is 32.7. The molecule has 45 heavy (non-hydrogen) atoms. The molecule has 2 saturated carbocycles. The van der Waals surface area contributed by atoms with Crippen LogP contribution in [0.15, 0.2) is 35.3 Å². The van der Waals surface area contributed by atoms with E-state index in [1.165, 1.54) is 104 Å². The molecule has 3 fully saturated rings. The predicted molar refractivity (Wildman–Crippen MR) is 199 cm³/mol. The Morgan fingerprint density at radius 1 is 0.778 bits per heavy atom. The Hall–Kier alpha value is -1.66. The van der Waals surface area contributed by atoms with E-state index in [1.807, 2.05) is 0 Å². The van der Waals surface area contributed by atoms with E-state index in [1.54, 1.807) is 0 Å². The molecular weight excluding hydrogens is 565 g/mol. The fraction of sp³-hybridized carbons (Fsp3) is 0.690. The average Bonchev–Trinajstić information content (AvgIpc) is 3.36. The average molecular weight is 630 g/mol. The minimum atomic E-state index is -0.399. The largest absolute Gasteiger partial charge is 0.507 e. The molecule has 2 aromatic rings. The molecule has 2 aromatic carbocycles. The monoisotopic (exact) mass is 629 g/mol. The second-order valence-corrected chi connectivity index (χ2v) is 20.0. The van der Waals surface area contributed by atoms with Gasteiger partial charge in [-0.05, 0) is 94.8 Å². The van der Waals surface area contributed by atoms with Crippen LogP contribution in [0.2, 0.25) is 0 Å². The van der Waals surface area contributed by atoms with Gasteiger partial charge in [0.25, 0.3) is 0 Å². The molecule has 1 heterocycles. The van der Waals surface area contributed by atoms with Crippen LogP contribution in [0.1, 0.15) is 180 Å². The van der Waals surface area contributed by atoms with E-state index < -0.39 is 7.92 Å². The van der Waals surface area contributed by atoms with Crippen molar-refractivity contribution in [1.82, 2.24) is 0 Å². The first-order valence-electron chi connectivity index (χ1n) is 18.5. The van der Waals surface area contributed by atoms with Gasteiger partial charge < -0.3 is 5.11 Å². The van der Waals surface area contributed by atoms with E-state index in [0.717, 1.165) is 17.6 Å². The lowest BCUT2D eigenvalue weighted by atomic mass is 9.62. The van der Waals surface area contributed by atoms with Crippen molar-refractivity contribution in [2.24, 2.45) is 10.9 Å². The quantitative estimate of drug-likeness (QED) is 0.317. The highest BCUT2D eigenvalue weighted by molar-refractivity contribution is 7.76. The molecule has 2 aliphatic carbocycles. The molecule has 5 rings (SSSR count). The van der Waals surface area contributed by atoms with Gasteiger partial charge in [0.2, 0.25) is 0 Å². The van der Waals surface area contributed by atoms with E-state index in [4.69, 9.17) is 4.99 Å². The van der Waals surface area contributed by atoms with Gasteiger partial charge in [-0.25, -0.2) is 0 Å². The van der Waals surface area contributed by atoms with Crippen molar-refractivity contribution < 1.29 is 5.11 Å². The molecule has 248 valence electrons. The first kappa shape index (κ1) is 34.7. The molecule has 1 saturated heterocycles. The van der Waals surface area contributed by atoms with Gasteiger partial charge in [0, 0.05) is 11.0 Å². The fourth-order valence-corrected chi connectivity index (χ4v) is 12.5. The lowest BCUT2D eigenvalue weighted by molar-refractivity contribution is 0.256. The van der Waals surface area contributed by atoms with Gasteiger partial charge in [-0.15, -0.1) is 0 Å². The summed E-state index contributed by atoms with van der Waals surface area (Å²) in [6, 6.07) is 11.7. The normalized spacial score (nSPS) is 25.2. The Bertz CT molecular complexity index is 1330. The van der Waals surface area contributed by atoms with Crippen molar-refractivity contribution >= 4 is 19.1 Å². The van der Waals surface area contributed by atoms with Crippen molar-refractivity contribution in [3.63, 3.8) is 0 Å². The molecule has 0 spiro atoms. The van der Waals surface area contributed by atoms with Crippen molar-refractivity contribution in [2.75, 3.05) is 6.16 Å². The van der Waals surface area contributed by atoms with Gasteiger partial charge >= 0.3 is 0 Å². The van der Waals surface area contributed by atoms with Gasteiger partial charge in [-0.1, -0.05) is 146 Å². The number of phenols is 1. The van der Waals surface area contributed by atoms with Crippen LogP contribution in [0.3, 0.4) is 0 Å². The van der Waals surface area contributed by atoms with Crippen molar-refractivity contribution in [3.8, 4) is 5.75 Å². The first-order valence-corrected chi connectivity index (χ1v) is 20.1. The summed E-state index contributed by atoms with van der Waals surface area (Å²) in [4.78, 5) is 6.12. The van der Waals surface area contributed by atoms with E-state index >= 15 is 0 Å². The van der Waals surface area contributed by atoms with Crippen LogP contribution in [-0.2, 0) is 16.2 Å². The lowest BCUT2D eigenvalue weighted by Gasteiger charge is -2.44. The van der Waals surface area contributed by atoms with Crippen molar-refractivity contribution in [2.45, 2.75) is 174 Å². The number of hydrogen-bond donors (Lipinski definition) is 1. The minimum absolute atomic E-state index is 0.00469. The highest BCUT2D eigenvalue weighted by Crippen LogP contribution is 2.66.